The van der Waals surface area contributed by atoms with Gasteiger partial charge in [-0.2, -0.15) is 0 Å². The van der Waals surface area contributed by atoms with Crippen molar-refractivity contribution in [1.29, 1.82) is 0 Å². The summed E-state index contributed by atoms with van der Waals surface area (Å²) in [6.45, 7) is 6.15. The van der Waals surface area contributed by atoms with Crippen LogP contribution in [0.25, 0.3) is 0 Å². The van der Waals surface area contributed by atoms with Gasteiger partial charge in [0.15, 0.2) is 9.84 Å². The Bertz CT molecular complexity index is 486. The highest BCUT2D eigenvalue weighted by atomic mass is 35.5. The molecule has 0 fully saturated rings. The van der Waals surface area contributed by atoms with Crippen LogP contribution in [0.2, 0.25) is 0 Å². The van der Waals surface area contributed by atoms with Gasteiger partial charge >= 0.3 is 0 Å². The second-order valence-corrected chi connectivity index (χ2v) is 7.93. The second-order valence-electron chi connectivity index (χ2n) is 5.42. The van der Waals surface area contributed by atoms with E-state index in [-0.39, 0.29) is 10.8 Å². The predicted octanol–water partition coefficient (Wildman–Crippen LogP) is 3.29. The van der Waals surface area contributed by atoms with Crippen molar-refractivity contribution in [2.75, 3.05) is 6.26 Å². The monoisotopic (exact) mass is 274 g/mol. The molecule has 0 aromatic heterocycles. The number of halogens is 1. The number of hydrogen-bond donors (Lipinski definition) is 0. The first kappa shape index (κ1) is 14.5. The van der Waals surface area contributed by atoms with Gasteiger partial charge in [0.2, 0.25) is 0 Å². The maximum absolute atomic E-state index is 11.6. The second kappa shape index (κ2) is 4.99. The number of benzene rings is 1. The molecule has 0 amide bonds. The van der Waals surface area contributed by atoms with Crippen molar-refractivity contribution in [2.24, 2.45) is 5.41 Å². The topological polar surface area (TPSA) is 34.1 Å². The maximum atomic E-state index is 11.6. The van der Waals surface area contributed by atoms with Crippen molar-refractivity contribution < 1.29 is 8.42 Å². The van der Waals surface area contributed by atoms with Crippen LogP contribution in [-0.2, 0) is 16.3 Å². The van der Waals surface area contributed by atoms with Gasteiger partial charge in [-0.1, -0.05) is 39.0 Å². The quantitative estimate of drug-likeness (QED) is 0.793. The lowest BCUT2D eigenvalue weighted by Crippen LogP contribution is -2.23. The molecule has 0 aliphatic rings. The third-order valence-corrected chi connectivity index (χ3v) is 4.72. The smallest absolute Gasteiger partial charge is 0.175 e. The van der Waals surface area contributed by atoms with Crippen molar-refractivity contribution in [3.8, 4) is 0 Å². The minimum atomic E-state index is -3.18. The van der Waals surface area contributed by atoms with Gasteiger partial charge in [-0.15, -0.1) is 11.6 Å². The van der Waals surface area contributed by atoms with Gasteiger partial charge in [0.1, 0.15) is 0 Å². The minimum Gasteiger partial charge on any atom is -0.224 e. The van der Waals surface area contributed by atoms with E-state index in [0.717, 1.165) is 5.56 Å². The molecule has 1 atom stereocenters. The average Bonchev–Trinajstić information content (AvgIpc) is 2.15. The number of hydrogen-bond acceptors (Lipinski definition) is 2. The summed E-state index contributed by atoms with van der Waals surface area (Å²) in [6, 6.07) is 7.05. The molecule has 0 radical (unpaired) electrons. The van der Waals surface area contributed by atoms with Crippen LogP contribution in [0.3, 0.4) is 0 Å². The molecule has 1 aromatic rings. The normalized spacial score (nSPS) is 14.6. The summed E-state index contributed by atoms with van der Waals surface area (Å²) in [5, 5.41) is -0.0922. The van der Waals surface area contributed by atoms with Gasteiger partial charge in [-0.3, -0.25) is 0 Å². The van der Waals surface area contributed by atoms with Crippen LogP contribution in [0.15, 0.2) is 29.2 Å². The largest absolute Gasteiger partial charge is 0.224 e. The first-order valence-corrected chi connectivity index (χ1v) is 7.87. The van der Waals surface area contributed by atoms with Gasteiger partial charge in [-0.25, -0.2) is 8.42 Å². The van der Waals surface area contributed by atoms with E-state index >= 15 is 0 Å². The highest BCUT2D eigenvalue weighted by Gasteiger charge is 2.24. The predicted molar refractivity (Wildman–Crippen MR) is 72.4 cm³/mol. The summed E-state index contributed by atoms with van der Waals surface area (Å²) >= 11 is 6.32. The van der Waals surface area contributed by atoms with Crippen LogP contribution in [0.1, 0.15) is 26.3 Å². The number of rotatable bonds is 3. The molecule has 17 heavy (non-hydrogen) atoms. The summed E-state index contributed by atoms with van der Waals surface area (Å²) in [5.41, 5.74) is 0.747. The Morgan fingerprint density at radius 2 is 1.76 bits per heavy atom. The first-order chi connectivity index (χ1) is 7.62. The fraction of sp³-hybridized carbons (Fsp3) is 0.538. The lowest BCUT2D eigenvalue weighted by atomic mass is 9.88. The van der Waals surface area contributed by atoms with E-state index in [1.165, 1.54) is 6.26 Å². The Balaban J connectivity index is 3.09. The van der Waals surface area contributed by atoms with E-state index < -0.39 is 9.84 Å². The highest BCUT2D eigenvalue weighted by Crippen LogP contribution is 2.29. The summed E-state index contributed by atoms with van der Waals surface area (Å²) < 4.78 is 23.3. The Hall–Kier alpha value is -0.540. The van der Waals surface area contributed by atoms with Gasteiger partial charge in [-0.05, 0) is 23.5 Å². The minimum absolute atomic E-state index is 0.0494. The lowest BCUT2D eigenvalue weighted by Gasteiger charge is -2.25. The Labute approximate surface area is 109 Å². The molecule has 0 bridgehead atoms. The molecule has 0 aliphatic carbocycles. The molecule has 0 saturated heterocycles. The molecule has 1 unspecified atom stereocenters. The Kier molecular flexibility index (Phi) is 4.26. The fourth-order valence-corrected chi connectivity index (χ4v) is 2.65. The zero-order chi connectivity index (χ0) is 13.3. The molecule has 4 heteroatoms. The van der Waals surface area contributed by atoms with Gasteiger partial charge in [0.05, 0.1) is 4.90 Å². The molecule has 0 aliphatic heterocycles. The van der Waals surface area contributed by atoms with E-state index in [0.29, 0.717) is 11.3 Å². The van der Waals surface area contributed by atoms with Crippen molar-refractivity contribution in [1.82, 2.24) is 0 Å². The molecular formula is C13H19ClO2S. The molecule has 0 saturated carbocycles. The maximum Gasteiger partial charge on any atom is 0.175 e. The molecule has 0 N–H and O–H groups in total. The molecule has 1 rings (SSSR count). The third kappa shape index (κ3) is 4.00. The van der Waals surface area contributed by atoms with Gasteiger partial charge in [0.25, 0.3) is 0 Å². The van der Waals surface area contributed by atoms with Crippen LogP contribution in [0.5, 0.6) is 0 Å². The van der Waals surface area contributed by atoms with E-state index in [4.69, 9.17) is 11.6 Å². The molecule has 1 aromatic carbocycles. The van der Waals surface area contributed by atoms with Crippen LogP contribution in [0.4, 0.5) is 0 Å². The average molecular weight is 275 g/mol. The van der Waals surface area contributed by atoms with E-state index in [9.17, 15) is 8.42 Å². The summed E-state index contributed by atoms with van der Waals surface area (Å²) in [7, 11) is -3.18. The fourth-order valence-electron chi connectivity index (χ4n) is 1.53. The highest BCUT2D eigenvalue weighted by molar-refractivity contribution is 7.90. The van der Waals surface area contributed by atoms with E-state index in [1.54, 1.807) is 12.1 Å². The lowest BCUT2D eigenvalue weighted by molar-refractivity contribution is 0.385. The zero-order valence-corrected chi connectivity index (χ0v) is 12.3. The molecule has 0 spiro atoms. The SMILES string of the molecule is CC(C)(C)C(Cl)Cc1ccccc1S(C)(=O)=O. The van der Waals surface area contributed by atoms with Gasteiger partial charge in [0, 0.05) is 11.6 Å². The van der Waals surface area contributed by atoms with Crippen LogP contribution in [-0.4, -0.2) is 20.1 Å². The Morgan fingerprint density at radius 3 is 2.24 bits per heavy atom. The van der Waals surface area contributed by atoms with Crippen LogP contribution < -0.4 is 0 Å². The van der Waals surface area contributed by atoms with Crippen LogP contribution in [0, 0.1) is 5.41 Å². The summed E-state index contributed by atoms with van der Waals surface area (Å²) in [5.74, 6) is 0. The van der Waals surface area contributed by atoms with Crippen molar-refractivity contribution >= 4 is 21.4 Å². The third-order valence-electron chi connectivity index (χ3n) is 2.71. The molecular weight excluding hydrogens is 256 g/mol. The molecule has 0 heterocycles. The van der Waals surface area contributed by atoms with Gasteiger partial charge < -0.3 is 0 Å². The first-order valence-electron chi connectivity index (χ1n) is 5.54. The molecule has 96 valence electrons. The molecule has 2 nitrogen and oxygen atoms in total. The number of alkyl halides is 1. The number of sulfone groups is 1. The summed E-state index contributed by atoms with van der Waals surface area (Å²) in [4.78, 5) is 0.384. The van der Waals surface area contributed by atoms with E-state index in [2.05, 4.69) is 0 Å². The zero-order valence-electron chi connectivity index (χ0n) is 10.7. The summed E-state index contributed by atoms with van der Waals surface area (Å²) in [6.07, 6.45) is 1.79. The van der Waals surface area contributed by atoms with Crippen LogP contribution >= 0.6 is 11.6 Å². The van der Waals surface area contributed by atoms with Crippen molar-refractivity contribution in [3.63, 3.8) is 0 Å². The Morgan fingerprint density at radius 1 is 1.24 bits per heavy atom. The van der Waals surface area contributed by atoms with Crippen molar-refractivity contribution in [2.45, 2.75) is 37.5 Å². The van der Waals surface area contributed by atoms with E-state index in [1.807, 2.05) is 32.9 Å². The van der Waals surface area contributed by atoms with Crippen molar-refractivity contribution in [3.05, 3.63) is 29.8 Å². The standard InChI is InChI=1S/C13H19ClO2S/c1-13(2,3)12(14)9-10-7-5-6-8-11(10)17(4,15)16/h5-8,12H,9H2,1-4H3.